The number of rotatable bonds is 1. The molecule has 1 aromatic carbocycles. The van der Waals surface area contributed by atoms with E-state index in [0.717, 1.165) is 0 Å². The molecule has 1 fully saturated rings. The number of esters is 1. The molecule has 2 atom stereocenters. The van der Waals surface area contributed by atoms with Gasteiger partial charge >= 0.3 is 12.1 Å². The number of carbonyl (C=O) groups excluding carboxylic acids is 3. The van der Waals surface area contributed by atoms with Crippen LogP contribution in [-0.4, -0.2) is 53.8 Å². The molecule has 0 aromatic heterocycles. The number of benzene rings is 1. The van der Waals surface area contributed by atoms with Crippen LogP contribution in [0, 0.1) is 0 Å². The van der Waals surface area contributed by atoms with E-state index >= 15 is 0 Å². The number of nitrogens with one attached hydrogen (secondary N) is 1. The van der Waals surface area contributed by atoms with E-state index in [4.69, 9.17) is 14.2 Å². The number of likely N-dealkylation sites (tertiary alicyclic amines) is 1. The van der Waals surface area contributed by atoms with Gasteiger partial charge in [-0.1, -0.05) is 12.1 Å². The van der Waals surface area contributed by atoms with Crippen LogP contribution in [0.5, 0.6) is 5.75 Å². The van der Waals surface area contributed by atoms with Gasteiger partial charge in [0.2, 0.25) is 5.60 Å². The maximum atomic E-state index is 12.7. The number of hydrogen-bond donors (Lipinski definition) is 1. The standard InChI is InChI=1S/C18H22N2O6/c1-17(2,3)26-16(23)20-10-18(9-12(20)14(21)24-4)15(22)19-11-7-5-6-8-13(11)25-18/h5-8,12H,9-10H2,1-4H3,(H,19,22)/t12-,18?/m0/s1. The molecule has 1 spiro atoms. The van der Waals surface area contributed by atoms with Crippen molar-refractivity contribution < 1.29 is 28.6 Å². The lowest BCUT2D eigenvalue weighted by Crippen LogP contribution is -2.53. The highest BCUT2D eigenvalue weighted by atomic mass is 16.6. The van der Waals surface area contributed by atoms with Crippen molar-refractivity contribution in [2.24, 2.45) is 0 Å². The molecule has 1 aromatic rings. The van der Waals surface area contributed by atoms with Crippen LogP contribution >= 0.6 is 0 Å². The maximum Gasteiger partial charge on any atom is 0.411 e. The van der Waals surface area contributed by atoms with Gasteiger partial charge in [0.1, 0.15) is 17.4 Å². The molecule has 1 N–H and O–H groups in total. The minimum absolute atomic E-state index is 0.0148. The number of hydrogen-bond acceptors (Lipinski definition) is 6. The third kappa shape index (κ3) is 3.18. The van der Waals surface area contributed by atoms with Gasteiger partial charge in [-0.15, -0.1) is 0 Å². The molecule has 1 unspecified atom stereocenters. The topological polar surface area (TPSA) is 94.2 Å². The van der Waals surface area contributed by atoms with Gasteiger partial charge in [-0.2, -0.15) is 0 Å². The normalized spacial score (nSPS) is 24.5. The SMILES string of the molecule is COC(=O)[C@@H]1CC2(CN1C(=O)OC(C)(C)C)Oc1ccccc1NC2=O. The largest absolute Gasteiger partial charge is 0.473 e. The summed E-state index contributed by atoms with van der Waals surface area (Å²) < 4.78 is 16.1. The van der Waals surface area contributed by atoms with Crippen LogP contribution in [0.25, 0.3) is 0 Å². The second-order valence-electron chi connectivity index (χ2n) is 7.40. The molecule has 26 heavy (non-hydrogen) atoms. The van der Waals surface area contributed by atoms with Gasteiger partial charge in [0.25, 0.3) is 5.91 Å². The van der Waals surface area contributed by atoms with Gasteiger partial charge < -0.3 is 19.5 Å². The van der Waals surface area contributed by atoms with Crippen LogP contribution < -0.4 is 10.1 Å². The average molecular weight is 362 g/mol. The van der Waals surface area contributed by atoms with Crippen molar-refractivity contribution >= 4 is 23.7 Å². The summed E-state index contributed by atoms with van der Waals surface area (Å²) in [5.41, 5.74) is -1.56. The lowest BCUT2D eigenvalue weighted by Gasteiger charge is -2.34. The van der Waals surface area contributed by atoms with Crippen LogP contribution in [-0.2, 0) is 19.1 Å². The number of carbonyl (C=O) groups is 3. The Labute approximate surface area is 151 Å². The Hall–Kier alpha value is -2.77. The fraction of sp³-hybridized carbons (Fsp3) is 0.500. The number of amides is 2. The molecule has 0 bridgehead atoms. The summed E-state index contributed by atoms with van der Waals surface area (Å²) in [7, 11) is 1.23. The molecule has 1 saturated heterocycles. The Balaban J connectivity index is 1.92. The van der Waals surface area contributed by atoms with Crippen molar-refractivity contribution in [3.8, 4) is 5.75 Å². The Morgan fingerprint density at radius 1 is 1.31 bits per heavy atom. The van der Waals surface area contributed by atoms with Gasteiger partial charge in [-0.3, -0.25) is 9.69 Å². The van der Waals surface area contributed by atoms with Gasteiger partial charge in [0.05, 0.1) is 19.3 Å². The molecule has 2 aliphatic rings. The number of para-hydroxylation sites is 2. The molecule has 8 heteroatoms. The Morgan fingerprint density at radius 3 is 2.65 bits per heavy atom. The fourth-order valence-electron chi connectivity index (χ4n) is 3.12. The van der Waals surface area contributed by atoms with Crippen molar-refractivity contribution in [3.05, 3.63) is 24.3 Å². The third-order valence-electron chi connectivity index (χ3n) is 4.28. The molecule has 8 nitrogen and oxygen atoms in total. The highest BCUT2D eigenvalue weighted by Gasteiger charge is 2.58. The zero-order chi connectivity index (χ0) is 19.1. The predicted octanol–water partition coefficient (Wildman–Crippen LogP) is 1.94. The lowest BCUT2D eigenvalue weighted by molar-refractivity contribution is -0.145. The molecule has 2 amide bonds. The first-order chi connectivity index (χ1) is 12.1. The lowest BCUT2D eigenvalue weighted by atomic mass is 9.96. The van der Waals surface area contributed by atoms with Crippen LogP contribution in [0.3, 0.4) is 0 Å². The Kier molecular flexibility index (Phi) is 4.29. The van der Waals surface area contributed by atoms with E-state index in [9.17, 15) is 14.4 Å². The molecule has 0 aliphatic carbocycles. The van der Waals surface area contributed by atoms with E-state index in [0.29, 0.717) is 11.4 Å². The van der Waals surface area contributed by atoms with Gasteiger partial charge in [-0.05, 0) is 32.9 Å². The maximum absolute atomic E-state index is 12.7. The first-order valence-electron chi connectivity index (χ1n) is 8.32. The van der Waals surface area contributed by atoms with Crippen molar-refractivity contribution in [1.29, 1.82) is 0 Å². The molecule has 0 radical (unpaired) electrons. The smallest absolute Gasteiger partial charge is 0.411 e. The van der Waals surface area contributed by atoms with E-state index in [1.54, 1.807) is 45.0 Å². The molecule has 2 aliphatic heterocycles. The molecular weight excluding hydrogens is 340 g/mol. The first kappa shape index (κ1) is 18.0. The summed E-state index contributed by atoms with van der Waals surface area (Å²) in [5.74, 6) is -0.541. The van der Waals surface area contributed by atoms with Crippen LogP contribution in [0.1, 0.15) is 27.2 Å². The number of anilines is 1. The quantitative estimate of drug-likeness (QED) is 0.767. The number of fused-ring (bicyclic) bond motifs is 1. The van der Waals surface area contributed by atoms with Crippen molar-refractivity contribution in [3.63, 3.8) is 0 Å². The zero-order valence-corrected chi connectivity index (χ0v) is 15.2. The van der Waals surface area contributed by atoms with Gasteiger partial charge in [0, 0.05) is 6.42 Å². The van der Waals surface area contributed by atoms with Crippen molar-refractivity contribution in [2.45, 2.75) is 44.4 Å². The van der Waals surface area contributed by atoms with Gasteiger partial charge in [-0.25, -0.2) is 9.59 Å². The summed E-state index contributed by atoms with van der Waals surface area (Å²) >= 11 is 0. The molecule has 140 valence electrons. The number of ether oxygens (including phenoxy) is 3. The second-order valence-corrected chi connectivity index (χ2v) is 7.40. The summed E-state index contributed by atoms with van der Waals surface area (Å²) in [6.45, 7) is 5.07. The van der Waals surface area contributed by atoms with E-state index < -0.39 is 35.2 Å². The first-order valence-corrected chi connectivity index (χ1v) is 8.32. The van der Waals surface area contributed by atoms with Crippen LogP contribution in [0.15, 0.2) is 24.3 Å². The second kappa shape index (κ2) is 6.19. The summed E-state index contributed by atoms with van der Waals surface area (Å²) in [6, 6.07) is 6.03. The zero-order valence-electron chi connectivity index (χ0n) is 15.2. The van der Waals surface area contributed by atoms with Crippen LogP contribution in [0.2, 0.25) is 0 Å². The van der Waals surface area contributed by atoms with Crippen molar-refractivity contribution in [1.82, 2.24) is 4.90 Å². The fourth-order valence-corrected chi connectivity index (χ4v) is 3.12. The van der Waals surface area contributed by atoms with Gasteiger partial charge in [0.15, 0.2) is 0 Å². The Bertz CT molecular complexity index is 756. The van der Waals surface area contributed by atoms with E-state index in [-0.39, 0.29) is 13.0 Å². The molecule has 2 heterocycles. The summed E-state index contributed by atoms with van der Waals surface area (Å²) in [4.78, 5) is 38.7. The minimum Gasteiger partial charge on any atom is -0.473 e. The third-order valence-corrected chi connectivity index (χ3v) is 4.28. The van der Waals surface area contributed by atoms with E-state index in [2.05, 4.69) is 5.32 Å². The highest BCUT2D eigenvalue weighted by molar-refractivity contribution is 6.02. The number of nitrogens with zero attached hydrogens (tertiary/aromatic N) is 1. The molecule has 3 rings (SSSR count). The number of methoxy groups -OCH3 is 1. The Morgan fingerprint density at radius 2 is 2.00 bits per heavy atom. The highest BCUT2D eigenvalue weighted by Crippen LogP contribution is 2.40. The van der Waals surface area contributed by atoms with E-state index in [1.807, 2.05) is 0 Å². The monoisotopic (exact) mass is 362 g/mol. The average Bonchev–Trinajstić information content (AvgIpc) is 2.94. The van der Waals surface area contributed by atoms with Crippen molar-refractivity contribution in [2.75, 3.05) is 19.0 Å². The molecule has 0 saturated carbocycles. The summed E-state index contributed by atoms with van der Waals surface area (Å²) in [6.07, 6.45) is -0.709. The van der Waals surface area contributed by atoms with E-state index in [1.165, 1.54) is 12.0 Å². The molecular formula is C18H22N2O6. The predicted molar refractivity (Wildman–Crippen MR) is 91.8 cm³/mol. The van der Waals surface area contributed by atoms with Crippen LogP contribution in [0.4, 0.5) is 10.5 Å². The minimum atomic E-state index is -1.37. The summed E-state index contributed by atoms with van der Waals surface area (Å²) in [5, 5.41) is 2.78.